The summed E-state index contributed by atoms with van der Waals surface area (Å²) in [6, 6.07) is 0.378. The van der Waals surface area contributed by atoms with E-state index in [0.717, 1.165) is 48.5 Å². The number of ether oxygens (including phenoxy) is 1. The first-order chi connectivity index (χ1) is 17.1. The lowest BCUT2D eigenvalue weighted by molar-refractivity contribution is -0.136. The highest BCUT2D eigenvalue weighted by Gasteiger charge is 2.68. The minimum Gasteiger partial charge on any atom is -0.357 e. The number of carbonyl (C=O) groups excluding carboxylic acids is 1. The first-order valence-electron chi connectivity index (χ1n) is 15.4. The third kappa shape index (κ3) is 3.84. The largest absolute Gasteiger partial charge is 0.357 e. The Morgan fingerprint density at radius 1 is 0.972 bits per heavy atom. The standard InChI is InChI=1S/C31H53N3O2/c1-19-9-14-31(32-17-19)20(2)28-26(36-31)16-25-23-8-7-21-15-22(33-27(35)18-34(5)6)10-12-29(21,3)24(23)11-13-30(25,28)4/h19-26,28,32H,7-18H2,1-6H3,(H,33,35)/t19-,20+,21-,22+,23-,24+,25+,26+,28+,29+,30+,31-/m1/s1. The van der Waals surface area contributed by atoms with Crippen molar-refractivity contribution in [3.05, 3.63) is 0 Å². The van der Waals surface area contributed by atoms with Crippen molar-refractivity contribution in [2.45, 2.75) is 110 Å². The van der Waals surface area contributed by atoms with E-state index in [1.54, 1.807) is 0 Å². The lowest BCUT2D eigenvalue weighted by atomic mass is 9.44. The van der Waals surface area contributed by atoms with Crippen molar-refractivity contribution in [3.8, 4) is 0 Å². The topological polar surface area (TPSA) is 53.6 Å². The summed E-state index contributed by atoms with van der Waals surface area (Å²) in [5.41, 5.74) is 0.852. The molecule has 5 nitrogen and oxygen atoms in total. The van der Waals surface area contributed by atoms with Gasteiger partial charge in [0.1, 0.15) is 5.72 Å². The maximum absolute atomic E-state index is 12.4. The fraction of sp³-hybridized carbons (Fsp3) is 0.968. The van der Waals surface area contributed by atoms with E-state index in [1.807, 2.05) is 19.0 Å². The van der Waals surface area contributed by atoms with Crippen molar-refractivity contribution < 1.29 is 9.53 Å². The monoisotopic (exact) mass is 499 g/mol. The van der Waals surface area contributed by atoms with Crippen LogP contribution in [0, 0.1) is 52.3 Å². The molecule has 0 unspecified atom stereocenters. The van der Waals surface area contributed by atoms with Gasteiger partial charge in [-0.15, -0.1) is 0 Å². The molecule has 0 aromatic carbocycles. The van der Waals surface area contributed by atoms with E-state index in [0.29, 0.717) is 35.4 Å². The van der Waals surface area contributed by atoms with Gasteiger partial charge in [-0.2, -0.15) is 0 Å². The highest BCUT2D eigenvalue weighted by Crippen LogP contribution is 2.71. The second kappa shape index (κ2) is 8.95. The number of amides is 1. The van der Waals surface area contributed by atoms with Crippen LogP contribution in [0.5, 0.6) is 0 Å². The van der Waals surface area contributed by atoms with Crippen LogP contribution in [-0.4, -0.2) is 55.9 Å². The van der Waals surface area contributed by atoms with E-state index in [4.69, 9.17) is 4.74 Å². The Morgan fingerprint density at radius 3 is 2.47 bits per heavy atom. The third-order valence-electron chi connectivity index (χ3n) is 13.0. The average molecular weight is 500 g/mol. The molecule has 6 rings (SSSR count). The van der Waals surface area contributed by atoms with Gasteiger partial charge in [0.2, 0.25) is 5.91 Å². The molecule has 2 heterocycles. The minimum atomic E-state index is -0.0499. The summed E-state index contributed by atoms with van der Waals surface area (Å²) in [6.07, 6.45) is 13.5. The smallest absolute Gasteiger partial charge is 0.234 e. The molecule has 0 radical (unpaired) electrons. The molecule has 2 N–H and O–H groups in total. The SMILES string of the molecule is C[C@@H]1CC[C@@]2(NC1)O[C@H]1C[C@H]3[C@@H]4CC[C@@H]5C[C@@H](NC(=O)CN(C)C)CC[C@]5(C)[C@H]4CC[C@]3(C)[C@H]1[C@@H]2C. The van der Waals surface area contributed by atoms with Crippen molar-refractivity contribution in [3.63, 3.8) is 0 Å². The molecule has 0 bridgehead atoms. The Labute approximate surface area is 220 Å². The van der Waals surface area contributed by atoms with Crippen LogP contribution >= 0.6 is 0 Å². The molecule has 36 heavy (non-hydrogen) atoms. The molecular formula is C31H53N3O2. The van der Waals surface area contributed by atoms with Crippen LogP contribution in [-0.2, 0) is 9.53 Å². The highest BCUT2D eigenvalue weighted by atomic mass is 16.5. The molecule has 1 amide bonds. The maximum atomic E-state index is 12.4. The summed E-state index contributed by atoms with van der Waals surface area (Å²) >= 11 is 0. The molecule has 2 aliphatic heterocycles. The van der Waals surface area contributed by atoms with E-state index < -0.39 is 0 Å². The van der Waals surface area contributed by atoms with Gasteiger partial charge in [0.25, 0.3) is 0 Å². The normalized spacial score (nSPS) is 54.0. The van der Waals surface area contributed by atoms with Crippen LogP contribution in [0.1, 0.15) is 91.9 Å². The highest BCUT2D eigenvalue weighted by molar-refractivity contribution is 5.78. The van der Waals surface area contributed by atoms with Crippen LogP contribution in [0.2, 0.25) is 0 Å². The maximum Gasteiger partial charge on any atom is 0.234 e. The average Bonchev–Trinajstić information content (AvgIpc) is 3.26. The van der Waals surface area contributed by atoms with Gasteiger partial charge in [0, 0.05) is 18.5 Å². The molecular weight excluding hydrogens is 446 g/mol. The number of likely N-dealkylation sites (N-methyl/N-ethyl adjacent to an activating group) is 1. The lowest BCUT2D eigenvalue weighted by Gasteiger charge is -2.61. The Hall–Kier alpha value is -0.650. The Morgan fingerprint density at radius 2 is 1.75 bits per heavy atom. The number of nitrogens with zero attached hydrogens (tertiary/aromatic N) is 1. The zero-order chi connectivity index (χ0) is 25.5. The molecule has 4 aliphatic carbocycles. The molecule has 2 saturated heterocycles. The number of nitrogens with one attached hydrogen (secondary N) is 2. The molecule has 4 saturated carbocycles. The van der Waals surface area contributed by atoms with Crippen molar-refractivity contribution in [1.29, 1.82) is 0 Å². The first kappa shape index (κ1) is 25.6. The molecule has 0 aromatic heterocycles. The van der Waals surface area contributed by atoms with Gasteiger partial charge in [-0.3, -0.25) is 10.1 Å². The van der Waals surface area contributed by atoms with Crippen molar-refractivity contribution in [1.82, 2.24) is 15.5 Å². The lowest BCUT2D eigenvalue weighted by Crippen LogP contribution is -2.58. The number of fused-ring (bicyclic) bond motifs is 7. The van der Waals surface area contributed by atoms with Crippen LogP contribution in [0.3, 0.4) is 0 Å². The number of piperidine rings is 1. The molecule has 0 aromatic rings. The molecule has 6 fully saturated rings. The van der Waals surface area contributed by atoms with Gasteiger partial charge >= 0.3 is 0 Å². The Balaban J connectivity index is 1.15. The number of rotatable bonds is 3. The summed E-state index contributed by atoms with van der Waals surface area (Å²) < 4.78 is 7.07. The van der Waals surface area contributed by atoms with Gasteiger partial charge in [-0.1, -0.05) is 27.7 Å². The number of hydrogen-bond donors (Lipinski definition) is 2. The minimum absolute atomic E-state index is 0.0499. The van der Waals surface area contributed by atoms with E-state index in [9.17, 15) is 4.79 Å². The summed E-state index contributed by atoms with van der Waals surface area (Å²) in [5.74, 6) is 5.66. The van der Waals surface area contributed by atoms with E-state index in [1.165, 1.54) is 57.8 Å². The molecule has 1 spiro atoms. The van der Waals surface area contributed by atoms with Gasteiger partial charge in [0.05, 0.1) is 12.6 Å². The fourth-order valence-electron chi connectivity index (χ4n) is 11.1. The van der Waals surface area contributed by atoms with Gasteiger partial charge in [-0.25, -0.2) is 0 Å². The summed E-state index contributed by atoms with van der Waals surface area (Å²) in [5, 5.41) is 7.28. The van der Waals surface area contributed by atoms with E-state index in [-0.39, 0.29) is 11.6 Å². The van der Waals surface area contributed by atoms with Crippen molar-refractivity contribution in [2.24, 2.45) is 52.3 Å². The van der Waals surface area contributed by atoms with Gasteiger partial charge < -0.3 is 15.0 Å². The van der Waals surface area contributed by atoms with Crippen LogP contribution < -0.4 is 10.6 Å². The quantitative estimate of drug-likeness (QED) is 0.570. The van der Waals surface area contributed by atoms with Crippen molar-refractivity contribution in [2.75, 3.05) is 27.2 Å². The van der Waals surface area contributed by atoms with E-state index in [2.05, 4.69) is 38.3 Å². The zero-order valence-corrected chi connectivity index (χ0v) is 23.9. The Bertz CT molecular complexity index is 853. The first-order valence-corrected chi connectivity index (χ1v) is 15.4. The third-order valence-corrected chi connectivity index (χ3v) is 13.0. The predicted octanol–water partition coefficient (Wildman–Crippen LogP) is 5.05. The van der Waals surface area contributed by atoms with Crippen LogP contribution in [0.4, 0.5) is 0 Å². The summed E-state index contributed by atoms with van der Waals surface area (Å²) in [4.78, 5) is 14.4. The summed E-state index contributed by atoms with van der Waals surface area (Å²) in [7, 11) is 3.95. The fourth-order valence-corrected chi connectivity index (χ4v) is 11.1. The van der Waals surface area contributed by atoms with Crippen molar-refractivity contribution >= 4 is 5.91 Å². The van der Waals surface area contributed by atoms with Gasteiger partial charge in [0.15, 0.2) is 0 Å². The summed E-state index contributed by atoms with van der Waals surface area (Å²) in [6.45, 7) is 11.8. The van der Waals surface area contributed by atoms with Gasteiger partial charge in [-0.05, 0) is 125 Å². The predicted molar refractivity (Wildman–Crippen MR) is 144 cm³/mol. The molecule has 5 heteroatoms. The molecule has 12 atom stereocenters. The molecule has 6 aliphatic rings. The Kier molecular flexibility index (Phi) is 6.37. The molecule has 204 valence electrons. The second-order valence-corrected chi connectivity index (χ2v) is 15.1. The number of hydrogen-bond acceptors (Lipinski definition) is 4. The van der Waals surface area contributed by atoms with Crippen LogP contribution in [0.25, 0.3) is 0 Å². The zero-order valence-electron chi connectivity index (χ0n) is 23.9. The van der Waals surface area contributed by atoms with Crippen LogP contribution in [0.15, 0.2) is 0 Å². The van der Waals surface area contributed by atoms with E-state index >= 15 is 0 Å². The number of carbonyl (C=O) groups is 1. The second-order valence-electron chi connectivity index (χ2n) is 15.1.